The van der Waals surface area contributed by atoms with Gasteiger partial charge in [0.05, 0.1) is 16.7 Å². The van der Waals surface area contributed by atoms with Crippen LogP contribution in [0.4, 0.5) is 17.1 Å². The van der Waals surface area contributed by atoms with Crippen LogP contribution in [-0.4, -0.2) is 4.57 Å². The van der Waals surface area contributed by atoms with E-state index in [1.165, 1.54) is 71.2 Å². The smallest absolute Gasteiger partial charge is 0.0547 e. The molecule has 0 spiro atoms. The van der Waals surface area contributed by atoms with Crippen LogP contribution in [0, 0.1) is 0 Å². The first-order chi connectivity index (χ1) is 28.8. The number of nitrogens with zero attached hydrogens (tertiary/aromatic N) is 2. The van der Waals surface area contributed by atoms with Gasteiger partial charge in [0.2, 0.25) is 0 Å². The van der Waals surface area contributed by atoms with E-state index in [0.717, 1.165) is 28.3 Å². The van der Waals surface area contributed by atoms with Gasteiger partial charge in [0, 0.05) is 33.2 Å². The quantitative estimate of drug-likeness (QED) is 0.158. The third kappa shape index (κ3) is 5.74. The van der Waals surface area contributed by atoms with Crippen molar-refractivity contribution in [2.75, 3.05) is 4.90 Å². The van der Waals surface area contributed by atoms with Crippen LogP contribution in [0.15, 0.2) is 231 Å². The van der Waals surface area contributed by atoms with Crippen LogP contribution in [0.1, 0.15) is 0 Å². The van der Waals surface area contributed by atoms with Crippen LogP contribution >= 0.6 is 0 Å². The summed E-state index contributed by atoms with van der Waals surface area (Å²) in [6.07, 6.45) is 0. The van der Waals surface area contributed by atoms with E-state index in [0.29, 0.717) is 0 Å². The second-order valence-corrected chi connectivity index (χ2v) is 14.9. The second-order valence-electron chi connectivity index (χ2n) is 14.9. The topological polar surface area (TPSA) is 8.17 Å². The minimum atomic E-state index is 1.10. The molecule has 0 fully saturated rings. The fourth-order valence-electron chi connectivity index (χ4n) is 8.90. The molecule has 272 valence electrons. The van der Waals surface area contributed by atoms with Gasteiger partial charge in [-0.3, -0.25) is 0 Å². The van der Waals surface area contributed by atoms with Crippen LogP contribution in [0.3, 0.4) is 0 Å². The molecule has 0 aliphatic rings. The van der Waals surface area contributed by atoms with Crippen LogP contribution in [0.5, 0.6) is 0 Å². The van der Waals surface area contributed by atoms with Gasteiger partial charge in [-0.05, 0) is 110 Å². The molecule has 11 rings (SSSR count). The number of hydrogen-bond donors (Lipinski definition) is 0. The number of aromatic nitrogens is 1. The lowest BCUT2D eigenvalue weighted by molar-refractivity contribution is 1.18. The van der Waals surface area contributed by atoms with E-state index in [1.807, 2.05) is 0 Å². The summed E-state index contributed by atoms with van der Waals surface area (Å²) in [7, 11) is 0. The van der Waals surface area contributed by atoms with Crippen molar-refractivity contribution in [3.63, 3.8) is 0 Å². The van der Waals surface area contributed by atoms with Crippen molar-refractivity contribution in [2.45, 2.75) is 0 Å². The van der Waals surface area contributed by atoms with Crippen molar-refractivity contribution >= 4 is 60.4 Å². The predicted octanol–water partition coefficient (Wildman–Crippen LogP) is 15.6. The van der Waals surface area contributed by atoms with Gasteiger partial charge in [-0.15, -0.1) is 0 Å². The molecule has 0 atom stereocenters. The van der Waals surface area contributed by atoms with Crippen molar-refractivity contribution in [1.82, 2.24) is 4.57 Å². The highest BCUT2D eigenvalue weighted by molar-refractivity contribution is 6.16. The lowest BCUT2D eigenvalue weighted by Crippen LogP contribution is -2.10. The highest BCUT2D eigenvalue weighted by atomic mass is 15.1. The maximum atomic E-state index is 2.40. The standard InChI is InChI=1S/C56H38N2/c1-2-22-45(23-3-1)58-54-30-9-8-27-52(54)56-51(29-14-32-55(56)58)44-21-10-19-42(37-44)43-20-11-24-47(38-43)57(53-31-13-18-40-16-5-7-26-50(40)53)46-35-33-41(34-36-46)49-28-12-17-39-15-4-6-25-48(39)49/h1-38H. The molecule has 10 aromatic carbocycles. The third-order valence-corrected chi connectivity index (χ3v) is 11.6. The zero-order valence-corrected chi connectivity index (χ0v) is 31.8. The first kappa shape index (κ1) is 33.6. The number of rotatable bonds is 7. The van der Waals surface area contributed by atoms with Gasteiger partial charge in [0.1, 0.15) is 0 Å². The van der Waals surface area contributed by atoms with Crippen LogP contribution in [-0.2, 0) is 0 Å². The van der Waals surface area contributed by atoms with Crippen LogP contribution in [0.25, 0.3) is 82.4 Å². The number of hydrogen-bond acceptors (Lipinski definition) is 1. The number of benzene rings is 10. The van der Waals surface area contributed by atoms with Gasteiger partial charge in [-0.2, -0.15) is 0 Å². The molecule has 0 saturated carbocycles. The molecule has 0 aliphatic heterocycles. The van der Waals surface area contributed by atoms with Crippen molar-refractivity contribution in [1.29, 1.82) is 0 Å². The molecule has 1 aromatic heterocycles. The molecule has 0 N–H and O–H groups in total. The second kappa shape index (κ2) is 14.1. The Morgan fingerprint density at radius 1 is 0.310 bits per heavy atom. The van der Waals surface area contributed by atoms with E-state index < -0.39 is 0 Å². The molecule has 2 heteroatoms. The SMILES string of the molecule is c1ccc(-n2c3ccccc3c3c(-c4cccc(-c5cccc(N(c6ccc(-c7cccc8ccccc78)cc6)c6cccc7ccccc67)c5)c4)cccc32)cc1. The molecule has 11 aromatic rings. The normalized spacial score (nSPS) is 11.4. The fourth-order valence-corrected chi connectivity index (χ4v) is 8.90. The maximum absolute atomic E-state index is 2.40. The average Bonchev–Trinajstić information content (AvgIpc) is 3.64. The minimum Gasteiger partial charge on any atom is -0.310 e. The van der Waals surface area contributed by atoms with E-state index in [4.69, 9.17) is 0 Å². The van der Waals surface area contributed by atoms with Gasteiger partial charge in [-0.1, -0.05) is 170 Å². The maximum Gasteiger partial charge on any atom is 0.0547 e. The van der Waals surface area contributed by atoms with E-state index in [9.17, 15) is 0 Å². The van der Waals surface area contributed by atoms with Crippen molar-refractivity contribution in [3.05, 3.63) is 231 Å². The molecular formula is C56H38N2. The molecule has 1 heterocycles. The molecule has 58 heavy (non-hydrogen) atoms. The molecule has 0 radical (unpaired) electrons. The van der Waals surface area contributed by atoms with Crippen LogP contribution < -0.4 is 4.90 Å². The summed E-state index contributed by atoms with van der Waals surface area (Å²) in [5.74, 6) is 0. The Morgan fingerprint density at radius 2 is 0.879 bits per heavy atom. The summed E-state index contributed by atoms with van der Waals surface area (Å²) in [6, 6.07) is 83.6. The van der Waals surface area contributed by atoms with Gasteiger partial charge < -0.3 is 9.47 Å². The summed E-state index contributed by atoms with van der Waals surface area (Å²) < 4.78 is 2.39. The largest absolute Gasteiger partial charge is 0.310 e. The van der Waals surface area contributed by atoms with E-state index in [1.54, 1.807) is 0 Å². The Labute approximate surface area is 338 Å². The monoisotopic (exact) mass is 738 g/mol. The van der Waals surface area contributed by atoms with Crippen molar-refractivity contribution in [3.8, 4) is 39.1 Å². The van der Waals surface area contributed by atoms with E-state index in [-0.39, 0.29) is 0 Å². The number of para-hydroxylation sites is 2. The summed E-state index contributed by atoms with van der Waals surface area (Å²) in [4.78, 5) is 2.40. The van der Waals surface area contributed by atoms with Crippen LogP contribution in [0.2, 0.25) is 0 Å². The van der Waals surface area contributed by atoms with Gasteiger partial charge >= 0.3 is 0 Å². The first-order valence-electron chi connectivity index (χ1n) is 19.9. The highest BCUT2D eigenvalue weighted by Gasteiger charge is 2.19. The minimum absolute atomic E-state index is 1.10. The van der Waals surface area contributed by atoms with Gasteiger partial charge in [0.15, 0.2) is 0 Å². The Kier molecular flexibility index (Phi) is 8.19. The summed E-state index contributed by atoms with van der Waals surface area (Å²) in [5.41, 5.74) is 14.1. The molecule has 0 amide bonds. The Bertz CT molecular complexity index is 3270. The summed E-state index contributed by atoms with van der Waals surface area (Å²) >= 11 is 0. The highest BCUT2D eigenvalue weighted by Crippen LogP contribution is 2.43. The zero-order valence-electron chi connectivity index (χ0n) is 31.8. The third-order valence-electron chi connectivity index (χ3n) is 11.6. The Morgan fingerprint density at radius 3 is 1.71 bits per heavy atom. The van der Waals surface area contributed by atoms with Crippen molar-refractivity contribution < 1.29 is 0 Å². The molecule has 0 bridgehead atoms. The summed E-state index contributed by atoms with van der Waals surface area (Å²) in [6.45, 7) is 0. The van der Waals surface area contributed by atoms with Gasteiger partial charge in [-0.25, -0.2) is 0 Å². The Hall–Kier alpha value is -7.68. The number of fused-ring (bicyclic) bond motifs is 5. The molecule has 0 saturated heterocycles. The lowest BCUT2D eigenvalue weighted by Gasteiger charge is -2.27. The zero-order chi connectivity index (χ0) is 38.4. The number of anilines is 3. The van der Waals surface area contributed by atoms with E-state index in [2.05, 4.69) is 240 Å². The molecular weight excluding hydrogens is 701 g/mol. The predicted molar refractivity (Wildman–Crippen MR) is 247 cm³/mol. The Balaban J connectivity index is 1.03. The van der Waals surface area contributed by atoms with Crippen molar-refractivity contribution in [2.24, 2.45) is 0 Å². The molecule has 0 aliphatic carbocycles. The molecule has 0 unspecified atom stereocenters. The summed E-state index contributed by atoms with van der Waals surface area (Å²) in [5, 5.41) is 7.44. The lowest BCUT2D eigenvalue weighted by atomic mass is 9.95. The molecule has 2 nitrogen and oxygen atoms in total. The van der Waals surface area contributed by atoms with Gasteiger partial charge in [0.25, 0.3) is 0 Å². The average molecular weight is 739 g/mol. The van der Waals surface area contributed by atoms with E-state index >= 15 is 0 Å². The fraction of sp³-hybridized carbons (Fsp3) is 0. The first-order valence-corrected chi connectivity index (χ1v) is 19.9.